The van der Waals surface area contributed by atoms with E-state index in [1.165, 1.54) is 18.9 Å². The molecule has 30 heavy (non-hydrogen) atoms. The number of hydrogen-bond donors (Lipinski definition) is 0. The average molecular weight is 430 g/mol. The lowest BCUT2D eigenvalue weighted by molar-refractivity contribution is 0.0711. The second-order valence-electron chi connectivity index (χ2n) is 8.04. The second kappa shape index (κ2) is 8.67. The first kappa shape index (κ1) is 20.7. The standard InChI is InChI=1S/C21H27N5O3S/c1-30(28,29)18-15-23-21(26-11-3-2-4-12-26)24-19(18)16-7-13-25(14-8-16)20(27)17-5-9-22-10-6-17/h5-6,9-10,15-16H,2-4,7-8,11-14H2,1H3. The average Bonchev–Trinajstić information content (AvgIpc) is 2.79. The second-order valence-corrected chi connectivity index (χ2v) is 10.0. The first-order chi connectivity index (χ1) is 14.4. The van der Waals surface area contributed by atoms with Crippen molar-refractivity contribution in [1.29, 1.82) is 0 Å². The zero-order valence-corrected chi connectivity index (χ0v) is 18.0. The first-order valence-electron chi connectivity index (χ1n) is 10.4. The number of amides is 1. The van der Waals surface area contributed by atoms with Gasteiger partial charge in [0, 0.05) is 56.3 Å². The highest BCUT2D eigenvalue weighted by Crippen LogP contribution is 2.32. The number of nitrogens with zero attached hydrogens (tertiary/aromatic N) is 5. The highest BCUT2D eigenvalue weighted by Gasteiger charge is 2.30. The summed E-state index contributed by atoms with van der Waals surface area (Å²) in [5.41, 5.74) is 1.22. The minimum Gasteiger partial charge on any atom is -0.341 e. The van der Waals surface area contributed by atoms with Gasteiger partial charge in [0.15, 0.2) is 9.84 Å². The largest absolute Gasteiger partial charge is 0.341 e. The molecule has 0 N–H and O–H groups in total. The van der Waals surface area contributed by atoms with Crippen LogP contribution in [0.4, 0.5) is 5.95 Å². The number of sulfone groups is 1. The van der Waals surface area contributed by atoms with Crippen molar-refractivity contribution in [2.24, 2.45) is 0 Å². The normalized spacial score (nSPS) is 18.4. The monoisotopic (exact) mass is 429 g/mol. The predicted molar refractivity (Wildman–Crippen MR) is 113 cm³/mol. The SMILES string of the molecule is CS(=O)(=O)c1cnc(N2CCCCC2)nc1C1CCN(C(=O)c2ccncc2)CC1. The topological polar surface area (TPSA) is 96.4 Å². The fraction of sp³-hybridized carbons (Fsp3) is 0.524. The Morgan fingerprint density at radius 2 is 1.70 bits per heavy atom. The van der Waals surface area contributed by atoms with Crippen LogP contribution in [-0.2, 0) is 9.84 Å². The molecule has 0 bridgehead atoms. The van der Waals surface area contributed by atoms with E-state index in [4.69, 9.17) is 4.98 Å². The molecular weight excluding hydrogens is 402 g/mol. The van der Waals surface area contributed by atoms with Crippen LogP contribution in [0, 0.1) is 0 Å². The van der Waals surface area contributed by atoms with Crippen molar-refractivity contribution in [3.05, 3.63) is 42.0 Å². The van der Waals surface area contributed by atoms with Gasteiger partial charge in [0.1, 0.15) is 4.90 Å². The smallest absolute Gasteiger partial charge is 0.253 e. The van der Waals surface area contributed by atoms with Crippen molar-refractivity contribution < 1.29 is 13.2 Å². The Morgan fingerprint density at radius 3 is 2.33 bits per heavy atom. The van der Waals surface area contributed by atoms with E-state index in [2.05, 4.69) is 14.9 Å². The summed E-state index contributed by atoms with van der Waals surface area (Å²) in [6, 6.07) is 3.43. The van der Waals surface area contributed by atoms with Crippen LogP contribution in [0.15, 0.2) is 35.6 Å². The Bertz CT molecular complexity index is 999. The van der Waals surface area contributed by atoms with E-state index in [9.17, 15) is 13.2 Å². The van der Waals surface area contributed by atoms with E-state index < -0.39 is 9.84 Å². The van der Waals surface area contributed by atoms with Gasteiger partial charge in [-0.2, -0.15) is 0 Å². The molecule has 2 aromatic rings. The molecule has 0 aliphatic carbocycles. The fourth-order valence-corrected chi connectivity index (χ4v) is 5.07. The molecule has 0 radical (unpaired) electrons. The Labute approximate surface area is 177 Å². The summed E-state index contributed by atoms with van der Waals surface area (Å²) in [7, 11) is -3.43. The maximum absolute atomic E-state index is 12.7. The van der Waals surface area contributed by atoms with Gasteiger partial charge in [0.05, 0.1) is 11.9 Å². The van der Waals surface area contributed by atoms with Gasteiger partial charge < -0.3 is 9.80 Å². The minimum absolute atomic E-state index is 0.0113. The summed E-state index contributed by atoms with van der Waals surface area (Å²) in [5, 5.41) is 0. The fourth-order valence-electron chi connectivity index (χ4n) is 4.23. The number of carbonyl (C=O) groups excluding carboxylic acids is 1. The van der Waals surface area contributed by atoms with Gasteiger partial charge in [-0.1, -0.05) is 0 Å². The Morgan fingerprint density at radius 1 is 1.03 bits per heavy atom. The molecular formula is C21H27N5O3S. The van der Waals surface area contributed by atoms with Crippen molar-refractivity contribution in [3.63, 3.8) is 0 Å². The van der Waals surface area contributed by atoms with Crippen LogP contribution >= 0.6 is 0 Å². The Balaban J connectivity index is 1.55. The molecule has 160 valence electrons. The highest BCUT2D eigenvalue weighted by molar-refractivity contribution is 7.90. The zero-order chi connectivity index (χ0) is 21.1. The van der Waals surface area contributed by atoms with Gasteiger partial charge in [0.25, 0.3) is 5.91 Å². The van der Waals surface area contributed by atoms with Gasteiger partial charge >= 0.3 is 0 Å². The number of pyridine rings is 1. The van der Waals surface area contributed by atoms with Gasteiger partial charge in [-0.25, -0.2) is 18.4 Å². The Kier molecular flexibility index (Phi) is 5.99. The third-order valence-corrected chi connectivity index (χ3v) is 7.02. The van der Waals surface area contributed by atoms with E-state index >= 15 is 0 Å². The van der Waals surface area contributed by atoms with E-state index in [1.54, 1.807) is 24.5 Å². The van der Waals surface area contributed by atoms with Gasteiger partial charge in [0.2, 0.25) is 5.95 Å². The van der Waals surface area contributed by atoms with Gasteiger partial charge in [-0.05, 0) is 44.2 Å². The molecule has 2 aromatic heterocycles. The van der Waals surface area contributed by atoms with Crippen molar-refractivity contribution in [2.75, 3.05) is 37.3 Å². The number of piperidine rings is 2. The lowest BCUT2D eigenvalue weighted by Crippen LogP contribution is -2.38. The van der Waals surface area contributed by atoms with Crippen LogP contribution in [0.2, 0.25) is 0 Å². The van der Waals surface area contributed by atoms with Gasteiger partial charge in [-0.3, -0.25) is 9.78 Å². The van der Waals surface area contributed by atoms with Crippen LogP contribution in [0.1, 0.15) is 54.1 Å². The lowest BCUT2D eigenvalue weighted by Gasteiger charge is -2.33. The molecule has 4 heterocycles. The number of rotatable bonds is 4. The number of anilines is 1. The third-order valence-electron chi connectivity index (χ3n) is 5.90. The van der Waals surface area contributed by atoms with Crippen LogP contribution < -0.4 is 4.90 Å². The minimum atomic E-state index is -3.43. The molecule has 2 aliphatic rings. The van der Waals surface area contributed by atoms with Crippen LogP contribution in [-0.4, -0.2) is 66.6 Å². The summed E-state index contributed by atoms with van der Waals surface area (Å²) in [5.74, 6) is 0.589. The van der Waals surface area contributed by atoms with E-state index in [0.29, 0.717) is 43.1 Å². The third kappa shape index (κ3) is 4.45. The maximum Gasteiger partial charge on any atom is 0.253 e. The summed E-state index contributed by atoms with van der Waals surface area (Å²) in [6.07, 6.45) is 10.7. The van der Waals surface area contributed by atoms with Crippen LogP contribution in [0.5, 0.6) is 0 Å². The molecule has 0 spiro atoms. The van der Waals surface area contributed by atoms with Crippen molar-refractivity contribution >= 4 is 21.7 Å². The molecule has 0 saturated carbocycles. The van der Waals surface area contributed by atoms with Crippen LogP contribution in [0.25, 0.3) is 0 Å². The first-order valence-corrected chi connectivity index (χ1v) is 12.3. The number of hydrogen-bond acceptors (Lipinski definition) is 7. The quantitative estimate of drug-likeness (QED) is 0.736. The molecule has 9 heteroatoms. The highest BCUT2D eigenvalue weighted by atomic mass is 32.2. The number of aromatic nitrogens is 3. The molecule has 4 rings (SSSR count). The van der Waals surface area contributed by atoms with Crippen molar-refractivity contribution in [3.8, 4) is 0 Å². The molecule has 2 aliphatic heterocycles. The lowest BCUT2D eigenvalue weighted by atomic mass is 9.93. The molecule has 1 amide bonds. The summed E-state index contributed by atoms with van der Waals surface area (Å²) in [6.45, 7) is 2.93. The number of likely N-dealkylation sites (tertiary alicyclic amines) is 1. The van der Waals surface area contributed by atoms with Crippen molar-refractivity contribution in [1.82, 2.24) is 19.9 Å². The Hall–Kier alpha value is -2.55. The van der Waals surface area contributed by atoms with Gasteiger partial charge in [-0.15, -0.1) is 0 Å². The molecule has 0 unspecified atom stereocenters. The molecule has 2 fully saturated rings. The summed E-state index contributed by atoms with van der Waals surface area (Å²) >= 11 is 0. The molecule has 0 aromatic carbocycles. The van der Waals surface area contributed by atoms with E-state index in [0.717, 1.165) is 25.9 Å². The van der Waals surface area contributed by atoms with Crippen LogP contribution in [0.3, 0.4) is 0 Å². The van der Waals surface area contributed by atoms with E-state index in [-0.39, 0.29) is 16.7 Å². The predicted octanol–water partition coefficient (Wildman–Crippen LogP) is 2.29. The summed E-state index contributed by atoms with van der Waals surface area (Å²) in [4.78, 5) is 29.9. The molecule has 2 saturated heterocycles. The number of carbonyl (C=O) groups is 1. The molecule has 0 atom stereocenters. The van der Waals surface area contributed by atoms with E-state index in [1.807, 2.05) is 4.90 Å². The maximum atomic E-state index is 12.7. The summed E-state index contributed by atoms with van der Waals surface area (Å²) < 4.78 is 24.8. The molecule has 8 nitrogen and oxygen atoms in total. The van der Waals surface area contributed by atoms with Crippen molar-refractivity contribution in [2.45, 2.75) is 42.9 Å². The zero-order valence-electron chi connectivity index (χ0n) is 17.2.